The molecule has 2 unspecified atom stereocenters. The van der Waals surface area contributed by atoms with Crippen LogP contribution < -0.4 is 11.1 Å². The zero-order chi connectivity index (χ0) is 13.7. The third-order valence-electron chi connectivity index (χ3n) is 3.79. The fraction of sp³-hybridized carbons (Fsp3) is 0.533. The summed E-state index contributed by atoms with van der Waals surface area (Å²) in [6.07, 6.45) is 2.86. The Labute approximate surface area is 114 Å². The van der Waals surface area contributed by atoms with E-state index in [2.05, 4.69) is 5.32 Å². The number of aliphatic hydroxyl groups excluding tert-OH is 1. The van der Waals surface area contributed by atoms with E-state index < -0.39 is 0 Å². The maximum atomic E-state index is 11.9. The summed E-state index contributed by atoms with van der Waals surface area (Å²) in [5.41, 5.74) is 7.67. The van der Waals surface area contributed by atoms with Crippen molar-refractivity contribution >= 4 is 5.91 Å². The van der Waals surface area contributed by atoms with E-state index in [0.717, 1.165) is 30.4 Å². The second-order valence-corrected chi connectivity index (χ2v) is 5.29. The van der Waals surface area contributed by atoms with Crippen molar-refractivity contribution in [3.63, 3.8) is 0 Å². The molecule has 0 aliphatic heterocycles. The number of carbonyl (C=O) groups excluding carboxylic acids is 1. The maximum absolute atomic E-state index is 11.9. The highest BCUT2D eigenvalue weighted by atomic mass is 16.3. The van der Waals surface area contributed by atoms with Gasteiger partial charge in [-0.1, -0.05) is 24.3 Å². The zero-order valence-electron chi connectivity index (χ0n) is 11.1. The number of hydrogen-bond donors (Lipinski definition) is 3. The van der Waals surface area contributed by atoms with Gasteiger partial charge in [0.15, 0.2) is 0 Å². The molecule has 1 amide bonds. The highest BCUT2D eigenvalue weighted by Crippen LogP contribution is 2.24. The topological polar surface area (TPSA) is 75.4 Å². The van der Waals surface area contributed by atoms with Crippen molar-refractivity contribution in [1.29, 1.82) is 0 Å². The van der Waals surface area contributed by atoms with Crippen LogP contribution in [0.15, 0.2) is 24.3 Å². The molecule has 2 rings (SSSR count). The van der Waals surface area contributed by atoms with Crippen molar-refractivity contribution in [3.05, 3.63) is 35.4 Å². The largest absolute Gasteiger partial charge is 0.393 e. The molecule has 104 valence electrons. The SMILES string of the molecule is NCc1ccccc1CC(=O)NCC1CCC(O)C1. The van der Waals surface area contributed by atoms with E-state index in [1.54, 1.807) is 0 Å². The molecule has 4 nitrogen and oxygen atoms in total. The summed E-state index contributed by atoms with van der Waals surface area (Å²) in [4.78, 5) is 11.9. The highest BCUT2D eigenvalue weighted by Gasteiger charge is 2.22. The van der Waals surface area contributed by atoms with Crippen LogP contribution in [0.3, 0.4) is 0 Å². The molecule has 4 heteroatoms. The van der Waals surface area contributed by atoms with Crippen molar-refractivity contribution in [2.75, 3.05) is 6.54 Å². The molecule has 19 heavy (non-hydrogen) atoms. The number of nitrogens with two attached hydrogens (primary N) is 1. The lowest BCUT2D eigenvalue weighted by atomic mass is 10.0. The molecule has 0 spiro atoms. The predicted molar refractivity (Wildman–Crippen MR) is 74.4 cm³/mol. The minimum absolute atomic E-state index is 0.0299. The Morgan fingerprint density at radius 3 is 2.68 bits per heavy atom. The van der Waals surface area contributed by atoms with E-state index in [1.165, 1.54) is 0 Å². The Balaban J connectivity index is 1.81. The monoisotopic (exact) mass is 262 g/mol. The summed E-state index contributed by atoms with van der Waals surface area (Å²) < 4.78 is 0. The second kappa shape index (κ2) is 6.68. The van der Waals surface area contributed by atoms with Gasteiger partial charge in [0.05, 0.1) is 12.5 Å². The average molecular weight is 262 g/mol. The van der Waals surface area contributed by atoms with Gasteiger partial charge >= 0.3 is 0 Å². The molecule has 1 saturated carbocycles. The van der Waals surface area contributed by atoms with Gasteiger partial charge in [-0.05, 0) is 36.3 Å². The second-order valence-electron chi connectivity index (χ2n) is 5.29. The molecule has 0 bridgehead atoms. The minimum atomic E-state index is -0.181. The van der Waals surface area contributed by atoms with E-state index in [9.17, 15) is 9.90 Å². The van der Waals surface area contributed by atoms with Gasteiger partial charge in [0.2, 0.25) is 5.91 Å². The molecule has 2 atom stereocenters. The Kier molecular flexibility index (Phi) is 4.93. The van der Waals surface area contributed by atoms with Crippen LogP contribution in [-0.2, 0) is 17.8 Å². The third-order valence-corrected chi connectivity index (χ3v) is 3.79. The first-order chi connectivity index (χ1) is 9.19. The smallest absolute Gasteiger partial charge is 0.224 e. The van der Waals surface area contributed by atoms with Crippen molar-refractivity contribution < 1.29 is 9.90 Å². The van der Waals surface area contributed by atoms with Crippen LogP contribution in [0.25, 0.3) is 0 Å². The van der Waals surface area contributed by atoms with Crippen LogP contribution in [0.1, 0.15) is 30.4 Å². The zero-order valence-corrected chi connectivity index (χ0v) is 11.1. The number of amides is 1. The fourth-order valence-corrected chi connectivity index (χ4v) is 2.66. The highest BCUT2D eigenvalue weighted by molar-refractivity contribution is 5.78. The first-order valence-electron chi connectivity index (χ1n) is 6.90. The normalized spacial score (nSPS) is 22.4. The van der Waals surface area contributed by atoms with Crippen molar-refractivity contribution in [2.45, 2.75) is 38.3 Å². The molecule has 1 aliphatic rings. The van der Waals surface area contributed by atoms with Gasteiger partial charge in [0, 0.05) is 13.1 Å². The number of benzene rings is 1. The van der Waals surface area contributed by atoms with Crippen molar-refractivity contribution in [2.24, 2.45) is 11.7 Å². The van der Waals surface area contributed by atoms with Gasteiger partial charge in [0.25, 0.3) is 0 Å². The van der Waals surface area contributed by atoms with Gasteiger partial charge in [-0.3, -0.25) is 4.79 Å². The Morgan fingerprint density at radius 2 is 2.05 bits per heavy atom. The number of aliphatic hydroxyl groups is 1. The molecule has 1 aromatic carbocycles. The van der Waals surface area contributed by atoms with E-state index in [4.69, 9.17) is 5.73 Å². The first-order valence-corrected chi connectivity index (χ1v) is 6.90. The fourth-order valence-electron chi connectivity index (χ4n) is 2.66. The lowest BCUT2D eigenvalue weighted by Gasteiger charge is -2.12. The van der Waals surface area contributed by atoms with Crippen LogP contribution in [0.4, 0.5) is 0 Å². The average Bonchev–Trinajstić information content (AvgIpc) is 2.83. The lowest BCUT2D eigenvalue weighted by Crippen LogP contribution is -2.30. The van der Waals surface area contributed by atoms with Gasteiger partial charge in [-0.25, -0.2) is 0 Å². The molecular weight excluding hydrogens is 240 g/mol. The third kappa shape index (κ3) is 4.04. The Bertz CT molecular complexity index is 434. The standard InChI is InChI=1S/C15H22N2O2/c16-9-13-4-2-1-3-12(13)8-15(19)17-10-11-5-6-14(18)7-11/h1-4,11,14,18H,5-10,16H2,(H,17,19). The Morgan fingerprint density at radius 1 is 1.32 bits per heavy atom. The van der Waals surface area contributed by atoms with Crippen LogP contribution in [0.2, 0.25) is 0 Å². The van der Waals surface area contributed by atoms with Crippen LogP contribution in [0.5, 0.6) is 0 Å². The molecule has 1 fully saturated rings. The molecule has 0 radical (unpaired) electrons. The van der Waals surface area contributed by atoms with E-state index in [-0.39, 0.29) is 12.0 Å². The number of nitrogens with one attached hydrogen (secondary N) is 1. The van der Waals surface area contributed by atoms with Crippen LogP contribution in [0, 0.1) is 5.92 Å². The molecule has 4 N–H and O–H groups in total. The first kappa shape index (κ1) is 14.0. The summed E-state index contributed by atoms with van der Waals surface area (Å²) in [7, 11) is 0. The molecule has 0 aromatic heterocycles. The summed E-state index contributed by atoms with van der Waals surface area (Å²) in [6.45, 7) is 1.12. The Hall–Kier alpha value is -1.39. The molecule has 1 aliphatic carbocycles. The van der Waals surface area contributed by atoms with Gasteiger partial charge < -0.3 is 16.2 Å². The molecular formula is C15H22N2O2. The van der Waals surface area contributed by atoms with Crippen molar-refractivity contribution in [1.82, 2.24) is 5.32 Å². The number of carbonyl (C=O) groups is 1. The van der Waals surface area contributed by atoms with Gasteiger partial charge in [0.1, 0.15) is 0 Å². The van der Waals surface area contributed by atoms with Crippen LogP contribution >= 0.6 is 0 Å². The number of rotatable bonds is 5. The quantitative estimate of drug-likeness (QED) is 0.740. The molecule has 0 saturated heterocycles. The summed E-state index contributed by atoms with van der Waals surface area (Å²) >= 11 is 0. The number of hydrogen-bond acceptors (Lipinski definition) is 3. The summed E-state index contributed by atoms with van der Waals surface area (Å²) in [5, 5.41) is 12.4. The molecule has 1 aromatic rings. The summed E-state index contributed by atoms with van der Waals surface area (Å²) in [6, 6.07) is 7.76. The van der Waals surface area contributed by atoms with Gasteiger partial charge in [-0.2, -0.15) is 0 Å². The van der Waals surface area contributed by atoms with E-state index in [0.29, 0.717) is 25.4 Å². The summed E-state index contributed by atoms with van der Waals surface area (Å²) in [5.74, 6) is 0.450. The van der Waals surface area contributed by atoms with Crippen LogP contribution in [-0.4, -0.2) is 23.7 Å². The van der Waals surface area contributed by atoms with E-state index >= 15 is 0 Å². The van der Waals surface area contributed by atoms with Gasteiger partial charge in [-0.15, -0.1) is 0 Å². The maximum Gasteiger partial charge on any atom is 0.224 e. The lowest BCUT2D eigenvalue weighted by molar-refractivity contribution is -0.120. The minimum Gasteiger partial charge on any atom is -0.393 e. The molecule has 0 heterocycles. The predicted octanol–water partition coefficient (Wildman–Crippen LogP) is 0.965. The van der Waals surface area contributed by atoms with E-state index in [1.807, 2.05) is 24.3 Å². The van der Waals surface area contributed by atoms with Crippen molar-refractivity contribution in [3.8, 4) is 0 Å².